The smallest absolute Gasteiger partial charge is 0.248 e. The van der Waals surface area contributed by atoms with Gasteiger partial charge in [0.25, 0.3) is 0 Å². The monoisotopic (exact) mass is 339 g/mol. The lowest BCUT2D eigenvalue weighted by molar-refractivity contribution is 0.100. The van der Waals surface area contributed by atoms with Crippen molar-refractivity contribution in [2.24, 2.45) is 11.7 Å². The summed E-state index contributed by atoms with van der Waals surface area (Å²) in [5.74, 6) is 0.378. The van der Waals surface area contributed by atoms with E-state index in [1.807, 2.05) is 30.5 Å². The molecule has 0 bridgehead atoms. The second-order valence-corrected chi connectivity index (χ2v) is 6.24. The number of rotatable bonds is 6. The second-order valence-electron chi connectivity index (χ2n) is 6.24. The minimum atomic E-state index is -0.470. The van der Waals surface area contributed by atoms with Crippen molar-refractivity contribution in [3.05, 3.63) is 48.4 Å². The van der Waals surface area contributed by atoms with Crippen molar-refractivity contribution < 1.29 is 9.90 Å². The Morgan fingerprint density at radius 3 is 2.84 bits per heavy atom. The number of anilines is 1. The molecule has 3 rings (SSSR count). The molecule has 7 nitrogen and oxygen atoms in total. The Kier molecular flexibility index (Phi) is 4.67. The maximum Gasteiger partial charge on any atom is 0.248 e. The van der Waals surface area contributed by atoms with Crippen LogP contribution >= 0.6 is 0 Å². The number of aliphatic hydroxyl groups is 1. The number of nitrogens with zero attached hydrogens (tertiary/aromatic N) is 3. The number of primary amides is 1. The van der Waals surface area contributed by atoms with Crippen molar-refractivity contribution in [2.75, 3.05) is 11.9 Å². The molecule has 0 aliphatic rings. The zero-order valence-corrected chi connectivity index (χ0v) is 14.2. The van der Waals surface area contributed by atoms with Crippen LogP contribution in [0, 0.1) is 5.92 Å². The third kappa shape index (κ3) is 3.32. The summed E-state index contributed by atoms with van der Waals surface area (Å²) in [5, 5.41) is 12.8. The number of carbonyl (C=O) groups excluding carboxylic acids is 1. The van der Waals surface area contributed by atoms with Crippen LogP contribution in [0.25, 0.3) is 16.9 Å². The molecule has 1 unspecified atom stereocenters. The Hall–Kier alpha value is -2.93. The second kappa shape index (κ2) is 6.90. The SMILES string of the molecule is CC(C)C(CO)Nc1nccn2c(-c3cccc(C(N)=O)c3)cnc12. The molecule has 1 amide bonds. The van der Waals surface area contributed by atoms with Gasteiger partial charge in [0.1, 0.15) is 0 Å². The van der Waals surface area contributed by atoms with Crippen LogP contribution in [-0.2, 0) is 0 Å². The van der Waals surface area contributed by atoms with E-state index in [2.05, 4.69) is 15.3 Å². The summed E-state index contributed by atoms with van der Waals surface area (Å²) in [6.45, 7) is 4.06. The van der Waals surface area contributed by atoms with Crippen LogP contribution in [0.2, 0.25) is 0 Å². The molecule has 25 heavy (non-hydrogen) atoms. The molecule has 1 atom stereocenters. The fourth-order valence-electron chi connectivity index (χ4n) is 2.67. The fraction of sp³-hybridized carbons (Fsp3) is 0.278. The number of fused-ring (bicyclic) bond motifs is 1. The molecule has 7 heteroatoms. The number of aliphatic hydroxyl groups excluding tert-OH is 1. The normalized spacial score (nSPS) is 12.5. The highest BCUT2D eigenvalue weighted by molar-refractivity contribution is 5.94. The largest absolute Gasteiger partial charge is 0.394 e. The third-order valence-electron chi connectivity index (χ3n) is 4.19. The van der Waals surface area contributed by atoms with Gasteiger partial charge in [-0.25, -0.2) is 9.97 Å². The summed E-state index contributed by atoms with van der Waals surface area (Å²) >= 11 is 0. The zero-order valence-electron chi connectivity index (χ0n) is 14.2. The molecule has 2 aromatic heterocycles. The van der Waals surface area contributed by atoms with Gasteiger partial charge in [-0.15, -0.1) is 0 Å². The molecule has 2 heterocycles. The number of benzene rings is 1. The Bertz CT molecular complexity index is 903. The number of hydrogen-bond donors (Lipinski definition) is 3. The van der Waals surface area contributed by atoms with Crippen LogP contribution in [0.5, 0.6) is 0 Å². The molecule has 0 radical (unpaired) electrons. The van der Waals surface area contributed by atoms with Gasteiger partial charge in [-0.05, 0) is 18.1 Å². The average molecular weight is 339 g/mol. The van der Waals surface area contributed by atoms with Gasteiger partial charge in [0.05, 0.1) is 24.5 Å². The lowest BCUT2D eigenvalue weighted by atomic mass is 10.1. The number of nitrogens with one attached hydrogen (secondary N) is 1. The van der Waals surface area contributed by atoms with E-state index < -0.39 is 5.91 Å². The van der Waals surface area contributed by atoms with Crippen molar-refractivity contribution in [2.45, 2.75) is 19.9 Å². The van der Waals surface area contributed by atoms with Gasteiger partial charge >= 0.3 is 0 Å². The van der Waals surface area contributed by atoms with Crippen LogP contribution < -0.4 is 11.1 Å². The molecule has 0 spiro atoms. The van der Waals surface area contributed by atoms with Crippen LogP contribution in [0.1, 0.15) is 24.2 Å². The number of nitrogens with two attached hydrogens (primary N) is 1. The first-order valence-electron chi connectivity index (χ1n) is 8.11. The van der Waals surface area contributed by atoms with Crippen molar-refractivity contribution in [3.8, 4) is 11.3 Å². The summed E-state index contributed by atoms with van der Waals surface area (Å²) in [6.07, 6.45) is 5.21. The van der Waals surface area contributed by atoms with Gasteiger partial charge in [-0.1, -0.05) is 26.0 Å². The Morgan fingerprint density at radius 2 is 2.16 bits per heavy atom. The van der Waals surface area contributed by atoms with Gasteiger partial charge in [-0.3, -0.25) is 9.20 Å². The van der Waals surface area contributed by atoms with Crippen molar-refractivity contribution >= 4 is 17.4 Å². The van der Waals surface area contributed by atoms with E-state index in [0.717, 1.165) is 11.3 Å². The summed E-state index contributed by atoms with van der Waals surface area (Å²) < 4.78 is 1.89. The number of amides is 1. The van der Waals surface area contributed by atoms with E-state index in [-0.39, 0.29) is 18.6 Å². The molecule has 0 fully saturated rings. The van der Waals surface area contributed by atoms with Crippen molar-refractivity contribution in [3.63, 3.8) is 0 Å². The quantitative estimate of drug-likeness (QED) is 0.636. The van der Waals surface area contributed by atoms with Crippen LogP contribution in [0.15, 0.2) is 42.9 Å². The van der Waals surface area contributed by atoms with Crippen LogP contribution in [-0.4, -0.2) is 38.0 Å². The summed E-state index contributed by atoms with van der Waals surface area (Å²) in [6, 6.07) is 6.99. The molecular weight excluding hydrogens is 318 g/mol. The van der Waals surface area contributed by atoms with E-state index >= 15 is 0 Å². The first-order valence-corrected chi connectivity index (χ1v) is 8.11. The third-order valence-corrected chi connectivity index (χ3v) is 4.19. The van der Waals surface area contributed by atoms with E-state index in [4.69, 9.17) is 5.73 Å². The van der Waals surface area contributed by atoms with E-state index in [1.54, 1.807) is 30.6 Å². The van der Waals surface area contributed by atoms with Gasteiger partial charge < -0.3 is 16.2 Å². The maximum absolute atomic E-state index is 11.4. The topological polar surface area (TPSA) is 106 Å². The molecule has 0 aliphatic heterocycles. The van der Waals surface area contributed by atoms with Gasteiger partial charge in [0.2, 0.25) is 5.91 Å². The molecule has 0 saturated heterocycles. The highest BCUT2D eigenvalue weighted by Crippen LogP contribution is 2.25. The number of aromatic nitrogens is 3. The average Bonchev–Trinajstić information content (AvgIpc) is 3.04. The Morgan fingerprint density at radius 1 is 1.36 bits per heavy atom. The summed E-state index contributed by atoms with van der Waals surface area (Å²) in [4.78, 5) is 20.2. The summed E-state index contributed by atoms with van der Waals surface area (Å²) in [5.41, 5.74) is 8.13. The number of carbonyl (C=O) groups is 1. The minimum Gasteiger partial charge on any atom is -0.394 e. The molecule has 0 aliphatic carbocycles. The molecule has 0 saturated carbocycles. The fourth-order valence-corrected chi connectivity index (χ4v) is 2.67. The van der Waals surface area contributed by atoms with Crippen molar-refractivity contribution in [1.29, 1.82) is 0 Å². The maximum atomic E-state index is 11.4. The van der Waals surface area contributed by atoms with Crippen LogP contribution in [0.3, 0.4) is 0 Å². The van der Waals surface area contributed by atoms with E-state index in [0.29, 0.717) is 17.0 Å². The minimum absolute atomic E-state index is 0.00856. The molecular formula is C18H21N5O2. The lowest BCUT2D eigenvalue weighted by Gasteiger charge is -2.20. The van der Waals surface area contributed by atoms with Gasteiger partial charge in [-0.2, -0.15) is 0 Å². The molecule has 1 aromatic carbocycles. The molecule has 4 N–H and O–H groups in total. The first-order chi connectivity index (χ1) is 12.0. The molecule has 3 aromatic rings. The predicted molar refractivity (Wildman–Crippen MR) is 96.3 cm³/mol. The highest BCUT2D eigenvalue weighted by Gasteiger charge is 2.16. The predicted octanol–water partition coefficient (Wildman–Crippen LogP) is 1.92. The zero-order chi connectivity index (χ0) is 18.0. The highest BCUT2D eigenvalue weighted by atomic mass is 16.3. The van der Waals surface area contributed by atoms with Gasteiger partial charge in [0, 0.05) is 23.5 Å². The Labute approximate surface area is 145 Å². The standard InChI is InChI=1S/C18H21N5O2/c1-11(2)14(10-24)22-17-18-21-9-15(23(18)7-6-20-17)12-4-3-5-13(8-12)16(19)25/h3-9,11,14,24H,10H2,1-2H3,(H2,19,25)(H,20,22). The van der Waals surface area contributed by atoms with Crippen molar-refractivity contribution in [1.82, 2.24) is 14.4 Å². The Balaban J connectivity index is 2.04. The van der Waals surface area contributed by atoms with Crippen LogP contribution in [0.4, 0.5) is 5.82 Å². The lowest BCUT2D eigenvalue weighted by Crippen LogP contribution is -2.30. The van der Waals surface area contributed by atoms with E-state index in [9.17, 15) is 9.90 Å². The molecule has 130 valence electrons. The van der Waals surface area contributed by atoms with Gasteiger partial charge in [0.15, 0.2) is 11.5 Å². The summed E-state index contributed by atoms with van der Waals surface area (Å²) in [7, 11) is 0. The number of hydrogen-bond acceptors (Lipinski definition) is 5. The first kappa shape index (κ1) is 16.9. The van der Waals surface area contributed by atoms with E-state index in [1.165, 1.54) is 0 Å². The number of imidazole rings is 1.